The van der Waals surface area contributed by atoms with Crippen LogP contribution in [0.4, 0.5) is 0 Å². The molecule has 0 spiro atoms. The maximum absolute atomic E-state index is 12.7. The van der Waals surface area contributed by atoms with E-state index in [0.717, 1.165) is 0 Å². The van der Waals surface area contributed by atoms with Crippen LogP contribution in [0.25, 0.3) is 5.57 Å². The first-order valence-corrected chi connectivity index (χ1v) is 8.86. The summed E-state index contributed by atoms with van der Waals surface area (Å²) in [4.78, 5) is 24.8. The molecule has 0 radical (unpaired) electrons. The van der Waals surface area contributed by atoms with Crippen LogP contribution in [0.1, 0.15) is 43.1 Å². The summed E-state index contributed by atoms with van der Waals surface area (Å²) in [6.45, 7) is 5.49. The molecule has 0 fully saturated rings. The van der Waals surface area contributed by atoms with Gasteiger partial charge in [0.1, 0.15) is 29.5 Å². The van der Waals surface area contributed by atoms with E-state index in [1.807, 2.05) is 0 Å². The van der Waals surface area contributed by atoms with Crippen LogP contribution in [-0.4, -0.2) is 50.9 Å². The highest BCUT2D eigenvalue weighted by Gasteiger charge is 2.44. The molecule has 0 bridgehead atoms. The third kappa shape index (κ3) is 3.83. The van der Waals surface area contributed by atoms with Gasteiger partial charge in [0.15, 0.2) is 0 Å². The largest absolute Gasteiger partial charge is 0.497 e. The highest BCUT2D eigenvalue weighted by atomic mass is 16.7. The third-order valence-electron chi connectivity index (χ3n) is 4.58. The van der Waals surface area contributed by atoms with Crippen molar-refractivity contribution in [1.29, 1.82) is 0 Å². The molecule has 2 aliphatic heterocycles. The van der Waals surface area contributed by atoms with Gasteiger partial charge in [0.05, 0.1) is 13.7 Å². The quantitative estimate of drug-likeness (QED) is 0.398. The van der Waals surface area contributed by atoms with Crippen molar-refractivity contribution >= 4 is 17.5 Å². The van der Waals surface area contributed by atoms with Crippen molar-refractivity contribution in [2.45, 2.75) is 38.6 Å². The molecule has 3 rings (SSSR count). The fourth-order valence-corrected chi connectivity index (χ4v) is 3.31. The van der Waals surface area contributed by atoms with Gasteiger partial charge >= 0.3 is 11.9 Å². The second-order valence-corrected chi connectivity index (χ2v) is 7.21. The average molecular weight is 392 g/mol. The van der Waals surface area contributed by atoms with Gasteiger partial charge < -0.3 is 28.4 Å². The second-order valence-electron chi connectivity index (χ2n) is 7.21. The zero-order valence-corrected chi connectivity index (χ0v) is 16.6. The lowest BCUT2D eigenvalue weighted by molar-refractivity contribution is -0.145. The first-order valence-electron chi connectivity index (χ1n) is 8.86. The van der Waals surface area contributed by atoms with E-state index in [2.05, 4.69) is 0 Å². The van der Waals surface area contributed by atoms with Crippen molar-refractivity contribution in [1.82, 2.24) is 0 Å². The zero-order valence-electron chi connectivity index (χ0n) is 16.6. The summed E-state index contributed by atoms with van der Waals surface area (Å²) in [7, 11) is 3.04. The Bertz CT molecular complexity index is 826. The standard InChI is InChI=1S/C20H24O8/c1-19(2)26-15-9-12(24-5)8-13(17(15)18(22)28-19)14-10-16(21)27-20(14,3)6-7-25-11-23-4/h8-10H,6-7,11H2,1-5H3. The van der Waals surface area contributed by atoms with Crippen molar-refractivity contribution in [2.24, 2.45) is 0 Å². The van der Waals surface area contributed by atoms with Crippen molar-refractivity contribution in [2.75, 3.05) is 27.6 Å². The zero-order chi connectivity index (χ0) is 20.5. The summed E-state index contributed by atoms with van der Waals surface area (Å²) < 4.78 is 32.4. The Kier molecular flexibility index (Phi) is 5.36. The first-order chi connectivity index (χ1) is 13.2. The topological polar surface area (TPSA) is 89.5 Å². The predicted octanol–water partition coefficient (Wildman–Crippen LogP) is 2.69. The van der Waals surface area contributed by atoms with E-state index in [1.54, 1.807) is 32.9 Å². The lowest BCUT2D eigenvalue weighted by atomic mass is 9.85. The van der Waals surface area contributed by atoms with E-state index in [4.69, 9.17) is 28.4 Å². The molecule has 0 saturated heterocycles. The summed E-state index contributed by atoms with van der Waals surface area (Å²) in [5, 5.41) is 0. The SMILES string of the molecule is COCOCCC1(C)OC(=O)C=C1c1cc(OC)cc2c1C(=O)OC(C)(C)O2. The Balaban J connectivity index is 2.05. The summed E-state index contributed by atoms with van der Waals surface area (Å²) in [6.07, 6.45) is 1.75. The Labute approximate surface area is 163 Å². The van der Waals surface area contributed by atoms with Crippen LogP contribution in [0.2, 0.25) is 0 Å². The lowest BCUT2D eigenvalue weighted by Gasteiger charge is -2.34. The molecule has 0 amide bonds. The summed E-state index contributed by atoms with van der Waals surface area (Å²) >= 11 is 0. The summed E-state index contributed by atoms with van der Waals surface area (Å²) in [6, 6.07) is 3.29. The number of rotatable bonds is 7. The van der Waals surface area contributed by atoms with Crippen molar-refractivity contribution in [3.63, 3.8) is 0 Å². The van der Waals surface area contributed by atoms with Crippen molar-refractivity contribution in [3.05, 3.63) is 29.3 Å². The molecule has 1 aromatic rings. The van der Waals surface area contributed by atoms with E-state index < -0.39 is 23.3 Å². The normalized spacial score (nSPS) is 22.7. The van der Waals surface area contributed by atoms with Crippen LogP contribution in [0.15, 0.2) is 18.2 Å². The minimum atomic E-state index is -1.11. The van der Waals surface area contributed by atoms with Gasteiger partial charge in [-0.3, -0.25) is 0 Å². The fourth-order valence-electron chi connectivity index (χ4n) is 3.31. The van der Waals surface area contributed by atoms with Gasteiger partial charge in [0.25, 0.3) is 0 Å². The molecule has 8 heteroatoms. The van der Waals surface area contributed by atoms with Gasteiger partial charge in [-0.2, -0.15) is 0 Å². The van der Waals surface area contributed by atoms with Gasteiger partial charge in [0, 0.05) is 50.7 Å². The van der Waals surface area contributed by atoms with Crippen molar-refractivity contribution in [3.8, 4) is 11.5 Å². The molecule has 0 N–H and O–H groups in total. The Morgan fingerprint density at radius 2 is 1.79 bits per heavy atom. The van der Waals surface area contributed by atoms with Crippen LogP contribution in [0.3, 0.4) is 0 Å². The number of methoxy groups -OCH3 is 2. The molecular formula is C20H24O8. The minimum absolute atomic E-state index is 0.132. The van der Waals surface area contributed by atoms with Crippen LogP contribution < -0.4 is 9.47 Å². The molecule has 0 saturated carbocycles. The molecule has 8 nitrogen and oxygen atoms in total. The smallest absolute Gasteiger partial charge is 0.345 e. The van der Waals surface area contributed by atoms with Crippen LogP contribution >= 0.6 is 0 Å². The van der Waals surface area contributed by atoms with E-state index in [9.17, 15) is 9.59 Å². The maximum Gasteiger partial charge on any atom is 0.345 e. The molecule has 1 aromatic carbocycles. The number of hydrogen-bond acceptors (Lipinski definition) is 8. The number of cyclic esters (lactones) is 2. The van der Waals surface area contributed by atoms with Crippen LogP contribution in [0, 0.1) is 0 Å². The summed E-state index contributed by atoms with van der Waals surface area (Å²) in [5.41, 5.74) is 0.246. The van der Waals surface area contributed by atoms with E-state index in [0.29, 0.717) is 35.7 Å². The molecule has 2 aliphatic rings. The fraction of sp³-hybridized carbons (Fsp3) is 0.500. The van der Waals surface area contributed by atoms with Crippen LogP contribution in [0.5, 0.6) is 11.5 Å². The van der Waals surface area contributed by atoms with E-state index in [-0.39, 0.29) is 12.4 Å². The van der Waals surface area contributed by atoms with Crippen molar-refractivity contribution < 1.29 is 38.0 Å². The number of hydrogen-bond donors (Lipinski definition) is 0. The monoisotopic (exact) mass is 392 g/mol. The summed E-state index contributed by atoms with van der Waals surface area (Å²) in [5.74, 6) is -1.33. The van der Waals surface area contributed by atoms with Gasteiger partial charge in [-0.25, -0.2) is 9.59 Å². The van der Waals surface area contributed by atoms with Crippen LogP contribution in [-0.2, 0) is 23.7 Å². The Morgan fingerprint density at radius 1 is 1.04 bits per heavy atom. The number of esters is 2. The molecule has 0 aliphatic carbocycles. The Hall–Kier alpha value is -2.58. The molecule has 1 unspecified atom stereocenters. The molecule has 0 aromatic heterocycles. The number of benzene rings is 1. The third-order valence-corrected chi connectivity index (χ3v) is 4.58. The van der Waals surface area contributed by atoms with E-state index in [1.165, 1.54) is 20.3 Å². The number of fused-ring (bicyclic) bond motifs is 1. The highest BCUT2D eigenvalue weighted by Crippen LogP contribution is 2.45. The van der Waals surface area contributed by atoms with Gasteiger partial charge in [0.2, 0.25) is 5.79 Å². The number of ether oxygens (including phenoxy) is 6. The molecule has 28 heavy (non-hydrogen) atoms. The van der Waals surface area contributed by atoms with Gasteiger partial charge in [-0.05, 0) is 13.0 Å². The molecule has 152 valence electrons. The highest BCUT2D eigenvalue weighted by molar-refractivity contribution is 6.05. The number of carbonyl (C=O) groups is 2. The maximum atomic E-state index is 12.7. The van der Waals surface area contributed by atoms with Gasteiger partial charge in [-0.15, -0.1) is 0 Å². The molecular weight excluding hydrogens is 368 g/mol. The lowest BCUT2D eigenvalue weighted by Crippen LogP contribution is -2.39. The average Bonchev–Trinajstić information content (AvgIpc) is 2.91. The van der Waals surface area contributed by atoms with Gasteiger partial charge in [-0.1, -0.05) is 0 Å². The molecule has 2 heterocycles. The Morgan fingerprint density at radius 3 is 2.46 bits per heavy atom. The molecule has 1 atom stereocenters. The predicted molar refractivity (Wildman–Crippen MR) is 98.0 cm³/mol. The van der Waals surface area contributed by atoms with E-state index >= 15 is 0 Å². The first kappa shape index (κ1) is 20.2. The second kappa shape index (κ2) is 7.44. The minimum Gasteiger partial charge on any atom is -0.497 e. The number of carbonyl (C=O) groups excluding carboxylic acids is 2.